The van der Waals surface area contributed by atoms with Crippen molar-refractivity contribution >= 4 is 22.7 Å². The van der Waals surface area contributed by atoms with Crippen molar-refractivity contribution in [3.63, 3.8) is 0 Å². The third kappa shape index (κ3) is 3.77. The van der Waals surface area contributed by atoms with Gasteiger partial charge in [0.05, 0.1) is 40.8 Å². The summed E-state index contributed by atoms with van der Waals surface area (Å²) in [5.41, 5.74) is 8.79. The fourth-order valence-corrected chi connectivity index (χ4v) is 3.57. The van der Waals surface area contributed by atoms with Crippen molar-refractivity contribution in [3.05, 3.63) is 77.3 Å². The average molecular weight is 420 g/mol. The predicted molar refractivity (Wildman–Crippen MR) is 113 cm³/mol. The second-order valence-electron chi connectivity index (χ2n) is 7.21. The highest BCUT2D eigenvalue weighted by Crippen LogP contribution is 2.23. The van der Waals surface area contributed by atoms with Gasteiger partial charge in [0, 0.05) is 23.0 Å². The third-order valence-electron chi connectivity index (χ3n) is 5.20. The number of carbonyl (C=O) groups is 2. The van der Waals surface area contributed by atoms with Gasteiger partial charge in [-0.3, -0.25) is 14.6 Å². The lowest BCUT2D eigenvalue weighted by molar-refractivity contribution is 0.0935. The largest absolute Gasteiger partial charge is 0.366 e. The number of aromatic nitrogens is 4. The van der Waals surface area contributed by atoms with Crippen LogP contribution in [0.15, 0.2) is 48.9 Å². The first-order valence-corrected chi connectivity index (χ1v) is 9.77. The number of halogens is 1. The lowest BCUT2D eigenvalue weighted by atomic mass is 10.1. The molecule has 0 bridgehead atoms. The summed E-state index contributed by atoms with van der Waals surface area (Å²) < 4.78 is 14.9. The standard InChI is InChI=1S/C22H21FN6O2/c1-3-18(19-8-15(21(24)30)12(2)27-19)28-22(31)17-9-25-11-20-16(17)10-26-29(20)14-6-4-13(23)5-7-14/h4-11,18,27H,3H2,1-2H3,(H2,24,30)(H,28,31). The molecule has 3 aromatic heterocycles. The number of aromatic amines is 1. The van der Waals surface area contributed by atoms with E-state index >= 15 is 0 Å². The minimum atomic E-state index is -0.525. The Bertz CT molecular complexity index is 1280. The normalized spacial score (nSPS) is 12.1. The van der Waals surface area contributed by atoms with Crippen LogP contribution in [0.3, 0.4) is 0 Å². The lowest BCUT2D eigenvalue weighted by Crippen LogP contribution is -2.28. The van der Waals surface area contributed by atoms with Crippen LogP contribution < -0.4 is 11.1 Å². The van der Waals surface area contributed by atoms with E-state index in [0.29, 0.717) is 45.5 Å². The Labute approximate surface area is 177 Å². The maximum atomic E-state index is 13.3. The van der Waals surface area contributed by atoms with E-state index in [0.717, 1.165) is 0 Å². The first kappa shape index (κ1) is 20.3. The second kappa shape index (κ2) is 8.02. The zero-order valence-electron chi connectivity index (χ0n) is 17.0. The Morgan fingerprint density at radius 1 is 1.19 bits per heavy atom. The first-order valence-electron chi connectivity index (χ1n) is 9.77. The monoisotopic (exact) mass is 420 g/mol. The van der Waals surface area contributed by atoms with E-state index in [1.165, 1.54) is 18.3 Å². The van der Waals surface area contributed by atoms with Gasteiger partial charge in [0.2, 0.25) is 0 Å². The number of benzene rings is 1. The fraction of sp³-hybridized carbons (Fsp3) is 0.182. The van der Waals surface area contributed by atoms with Gasteiger partial charge in [0.15, 0.2) is 0 Å². The van der Waals surface area contributed by atoms with Gasteiger partial charge in [0.1, 0.15) is 5.82 Å². The van der Waals surface area contributed by atoms with Crippen LogP contribution in [0.5, 0.6) is 0 Å². The van der Waals surface area contributed by atoms with Crippen LogP contribution in [0.25, 0.3) is 16.6 Å². The molecule has 1 unspecified atom stereocenters. The maximum absolute atomic E-state index is 13.3. The molecule has 4 N–H and O–H groups in total. The summed E-state index contributed by atoms with van der Waals surface area (Å²) in [7, 11) is 0. The van der Waals surface area contributed by atoms with Gasteiger partial charge in [-0.15, -0.1) is 0 Å². The summed E-state index contributed by atoms with van der Waals surface area (Å²) in [6.45, 7) is 3.68. The molecule has 0 aliphatic carbocycles. The highest BCUT2D eigenvalue weighted by Gasteiger charge is 2.21. The number of primary amides is 1. The van der Waals surface area contributed by atoms with Crippen LogP contribution in [0.2, 0.25) is 0 Å². The van der Waals surface area contributed by atoms with Gasteiger partial charge < -0.3 is 16.0 Å². The summed E-state index contributed by atoms with van der Waals surface area (Å²) in [4.78, 5) is 31.9. The van der Waals surface area contributed by atoms with E-state index in [1.807, 2.05) is 6.92 Å². The molecule has 2 amide bonds. The zero-order valence-corrected chi connectivity index (χ0v) is 17.0. The summed E-state index contributed by atoms with van der Waals surface area (Å²) in [6.07, 6.45) is 5.27. The molecule has 1 atom stereocenters. The quantitative estimate of drug-likeness (QED) is 0.444. The molecule has 0 radical (unpaired) electrons. The number of aryl methyl sites for hydroxylation is 1. The number of hydrogen-bond donors (Lipinski definition) is 3. The van der Waals surface area contributed by atoms with Crippen molar-refractivity contribution in [2.24, 2.45) is 5.73 Å². The number of pyridine rings is 1. The summed E-state index contributed by atoms with van der Waals surface area (Å²) >= 11 is 0. The van der Waals surface area contributed by atoms with Gasteiger partial charge in [-0.1, -0.05) is 6.92 Å². The maximum Gasteiger partial charge on any atom is 0.254 e. The number of nitrogens with two attached hydrogens (primary N) is 1. The van der Waals surface area contributed by atoms with Crippen molar-refractivity contribution in [3.8, 4) is 5.69 Å². The number of carbonyl (C=O) groups excluding carboxylic acids is 2. The Hall–Kier alpha value is -4.01. The fourth-order valence-electron chi connectivity index (χ4n) is 3.57. The molecule has 3 heterocycles. The van der Waals surface area contributed by atoms with Crippen LogP contribution in [-0.4, -0.2) is 31.6 Å². The van der Waals surface area contributed by atoms with Gasteiger partial charge in [-0.05, 0) is 43.7 Å². The Morgan fingerprint density at radius 2 is 1.94 bits per heavy atom. The lowest BCUT2D eigenvalue weighted by Gasteiger charge is -2.16. The van der Waals surface area contributed by atoms with E-state index < -0.39 is 5.91 Å². The van der Waals surface area contributed by atoms with E-state index in [9.17, 15) is 14.0 Å². The van der Waals surface area contributed by atoms with Crippen LogP contribution in [-0.2, 0) is 0 Å². The SMILES string of the molecule is CCC(NC(=O)c1cncc2c1cnn2-c1ccc(F)cc1)c1cc(C(N)=O)c(C)[nH]1. The van der Waals surface area contributed by atoms with E-state index in [2.05, 4.69) is 20.4 Å². The van der Waals surface area contributed by atoms with Gasteiger partial charge in [-0.2, -0.15) is 5.10 Å². The number of nitrogens with one attached hydrogen (secondary N) is 2. The highest BCUT2D eigenvalue weighted by molar-refractivity contribution is 6.06. The molecule has 4 aromatic rings. The van der Waals surface area contributed by atoms with Crippen molar-refractivity contribution in [2.75, 3.05) is 0 Å². The summed E-state index contributed by atoms with van der Waals surface area (Å²) in [5.74, 6) is -1.19. The number of fused-ring (bicyclic) bond motifs is 1. The van der Waals surface area contributed by atoms with E-state index in [4.69, 9.17) is 5.73 Å². The smallest absolute Gasteiger partial charge is 0.254 e. The second-order valence-corrected chi connectivity index (χ2v) is 7.21. The number of hydrogen-bond acceptors (Lipinski definition) is 4. The van der Waals surface area contributed by atoms with Crippen LogP contribution in [0.4, 0.5) is 4.39 Å². The Kier molecular flexibility index (Phi) is 5.24. The molecule has 0 saturated carbocycles. The van der Waals surface area contributed by atoms with Crippen molar-refractivity contribution < 1.29 is 14.0 Å². The molecule has 0 spiro atoms. The third-order valence-corrected chi connectivity index (χ3v) is 5.20. The summed E-state index contributed by atoms with van der Waals surface area (Å²) in [5, 5.41) is 7.94. The molecule has 4 rings (SSSR count). The Balaban J connectivity index is 1.65. The zero-order chi connectivity index (χ0) is 22.1. The Morgan fingerprint density at radius 3 is 2.58 bits per heavy atom. The predicted octanol–water partition coefficient (Wildman–Crippen LogP) is 3.18. The highest BCUT2D eigenvalue weighted by atomic mass is 19.1. The molecule has 0 saturated heterocycles. The molecule has 158 valence electrons. The van der Waals surface area contributed by atoms with Crippen molar-refractivity contribution in [1.82, 2.24) is 25.1 Å². The minimum absolute atomic E-state index is 0.323. The van der Waals surface area contributed by atoms with Crippen molar-refractivity contribution in [2.45, 2.75) is 26.3 Å². The number of nitrogens with zero attached hydrogens (tertiary/aromatic N) is 3. The van der Waals surface area contributed by atoms with E-state index in [-0.39, 0.29) is 17.8 Å². The van der Waals surface area contributed by atoms with Crippen LogP contribution in [0, 0.1) is 12.7 Å². The average Bonchev–Trinajstić information content (AvgIpc) is 3.36. The van der Waals surface area contributed by atoms with Gasteiger partial charge >= 0.3 is 0 Å². The van der Waals surface area contributed by atoms with Gasteiger partial charge in [0.25, 0.3) is 11.8 Å². The molecule has 0 aliphatic heterocycles. The van der Waals surface area contributed by atoms with Crippen LogP contribution in [0.1, 0.15) is 51.5 Å². The molecule has 0 fully saturated rings. The number of rotatable bonds is 6. The topological polar surface area (TPSA) is 119 Å². The molecule has 9 heteroatoms. The van der Waals surface area contributed by atoms with Crippen LogP contribution >= 0.6 is 0 Å². The molecule has 0 aliphatic rings. The number of amides is 2. The number of H-pyrrole nitrogens is 1. The molecule has 31 heavy (non-hydrogen) atoms. The molecule has 1 aromatic carbocycles. The molecular weight excluding hydrogens is 399 g/mol. The van der Waals surface area contributed by atoms with Gasteiger partial charge in [-0.25, -0.2) is 9.07 Å². The first-order chi connectivity index (χ1) is 14.9. The molecular formula is C22H21FN6O2. The van der Waals surface area contributed by atoms with E-state index in [1.54, 1.807) is 42.2 Å². The van der Waals surface area contributed by atoms with Crippen molar-refractivity contribution in [1.29, 1.82) is 0 Å². The minimum Gasteiger partial charge on any atom is -0.366 e. The summed E-state index contributed by atoms with van der Waals surface area (Å²) in [6, 6.07) is 7.21. The molecule has 8 nitrogen and oxygen atoms in total.